The maximum Gasteiger partial charge on any atom is 0.309 e. The van der Waals surface area contributed by atoms with Crippen molar-refractivity contribution in [1.82, 2.24) is 9.80 Å². The number of hydrogen-bond acceptors (Lipinski definition) is 4. The van der Waals surface area contributed by atoms with Gasteiger partial charge >= 0.3 is 5.97 Å². The topological polar surface area (TPSA) is 66.9 Å². The molecule has 27 heavy (non-hydrogen) atoms. The Kier molecular flexibility index (Phi) is 7.13. The number of esters is 1. The molecule has 0 aromatic carbocycles. The number of piperidine rings is 2. The van der Waals surface area contributed by atoms with Crippen LogP contribution in [0, 0.1) is 17.8 Å². The molecule has 1 saturated carbocycles. The number of carbonyl (C=O) groups excluding carboxylic acids is 3. The monoisotopic (exact) mass is 378 g/mol. The maximum atomic E-state index is 13.0. The second kappa shape index (κ2) is 9.56. The summed E-state index contributed by atoms with van der Waals surface area (Å²) < 4.78 is 5.10. The summed E-state index contributed by atoms with van der Waals surface area (Å²) in [6.45, 7) is 4.87. The Hall–Kier alpha value is -1.59. The van der Waals surface area contributed by atoms with E-state index in [1.54, 1.807) is 0 Å². The SMILES string of the molecule is CCOC(=O)C1CCN(C(=O)[C@@H]2CCC(=O)N(CC3CCCCC3)C2)CC1. The fourth-order valence-corrected chi connectivity index (χ4v) is 4.83. The average Bonchev–Trinajstić information content (AvgIpc) is 2.70. The molecule has 0 bridgehead atoms. The van der Waals surface area contributed by atoms with Crippen LogP contribution in [0.5, 0.6) is 0 Å². The molecule has 1 atom stereocenters. The third-order valence-corrected chi connectivity index (χ3v) is 6.48. The minimum Gasteiger partial charge on any atom is -0.466 e. The van der Waals surface area contributed by atoms with E-state index in [9.17, 15) is 14.4 Å². The van der Waals surface area contributed by atoms with Crippen molar-refractivity contribution in [2.45, 2.75) is 64.7 Å². The van der Waals surface area contributed by atoms with Crippen LogP contribution in [0.4, 0.5) is 0 Å². The van der Waals surface area contributed by atoms with Gasteiger partial charge in [-0.25, -0.2) is 0 Å². The van der Waals surface area contributed by atoms with Gasteiger partial charge in [-0.3, -0.25) is 14.4 Å². The van der Waals surface area contributed by atoms with Gasteiger partial charge in [-0.1, -0.05) is 19.3 Å². The van der Waals surface area contributed by atoms with Crippen LogP contribution >= 0.6 is 0 Å². The summed E-state index contributed by atoms with van der Waals surface area (Å²) in [5.74, 6) is 0.697. The number of likely N-dealkylation sites (tertiary alicyclic amines) is 2. The molecule has 2 saturated heterocycles. The molecule has 3 aliphatic rings. The van der Waals surface area contributed by atoms with E-state index in [1.165, 1.54) is 32.1 Å². The molecule has 6 nitrogen and oxygen atoms in total. The second-order valence-corrected chi connectivity index (χ2v) is 8.39. The maximum absolute atomic E-state index is 13.0. The molecule has 0 unspecified atom stereocenters. The molecule has 2 amide bonds. The van der Waals surface area contributed by atoms with Crippen LogP contribution in [0.25, 0.3) is 0 Å². The number of carbonyl (C=O) groups is 3. The molecule has 0 spiro atoms. The predicted octanol–water partition coefficient (Wildman–Crippen LogP) is 2.61. The highest BCUT2D eigenvalue weighted by molar-refractivity contribution is 5.84. The number of ether oxygens (including phenoxy) is 1. The van der Waals surface area contributed by atoms with Crippen LogP contribution in [0.1, 0.15) is 64.7 Å². The summed E-state index contributed by atoms with van der Waals surface area (Å²) in [7, 11) is 0. The van der Waals surface area contributed by atoms with E-state index in [-0.39, 0.29) is 29.6 Å². The molecule has 2 heterocycles. The van der Waals surface area contributed by atoms with Crippen molar-refractivity contribution in [3.63, 3.8) is 0 Å². The first kappa shape index (κ1) is 20.2. The smallest absolute Gasteiger partial charge is 0.309 e. The van der Waals surface area contributed by atoms with E-state index in [4.69, 9.17) is 4.74 Å². The number of rotatable bonds is 5. The lowest BCUT2D eigenvalue weighted by Gasteiger charge is -2.38. The van der Waals surface area contributed by atoms with E-state index in [1.807, 2.05) is 16.7 Å². The van der Waals surface area contributed by atoms with Crippen molar-refractivity contribution in [2.24, 2.45) is 17.8 Å². The summed E-state index contributed by atoms with van der Waals surface area (Å²) >= 11 is 0. The lowest BCUT2D eigenvalue weighted by atomic mass is 9.87. The van der Waals surface area contributed by atoms with Gasteiger partial charge in [0.1, 0.15) is 0 Å². The van der Waals surface area contributed by atoms with Gasteiger partial charge in [0.25, 0.3) is 0 Å². The minimum atomic E-state index is -0.133. The predicted molar refractivity (Wildman–Crippen MR) is 102 cm³/mol. The van der Waals surface area contributed by atoms with Gasteiger partial charge in [0.05, 0.1) is 18.4 Å². The van der Waals surface area contributed by atoms with Gasteiger partial charge in [-0.05, 0) is 44.9 Å². The third-order valence-electron chi connectivity index (χ3n) is 6.48. The van der Waals surface area contributed by atoms with Crippen molar-refractivity contribution in [3.05, 3.63) is 0 Å². The van der Waals surface area contributed by atoms with Crippen molar-refractivity contribution in [1.29, 1.82) is 0 Å². The molecule has 0 N–H and O–H groups in total. The second-order valence-electron chi connectivity index (χ2n) is 8.39. The average molecular weight is 379 g/mol. The molecule has 2 aliphatic heterocycles. The van der Waals surface area contributed by atoms with Crippen LogP contribution in [0.15, 0.2) is 0 Å². The summed E-state index contributed by atoms with van der Waals surface area (Å²) in [4.78, 5) is 41.0. The van der Waals surface area contributed by atoms with E-state index in [0.29, 0.717) is 57.8 Å². The summed E-state index contributed by atoms with van der Waals surface area (Å²) in [6.07, 6.45) is 8.79. The Morgan fingerprint density at radius 1 is 1.00 bits per heavy atom. The molecule has 1 aliphatic carbocycles. The van der Waals surface area contributed by atoms with Gasteiger partial charge in [-0.2, -0.15) is 0 Å². The fourth-order valence-electron chi connectivity index (χ4n) is 4.83. The zero-order chi connectivity index (χ0) is 19.2. The third kappa shape index (κ3) is 5.23. The Balaban J connectivity index is 1.49. The van der Waals surface area contributed by atoms with E-state index in [0.717, 1.165) is 6.54 Å². The van der Waals surface area contributed by atoms with Crippen molar-refractivity contribution in [2.75, 3.05) is 32.8 Å². The first-order valence-corrected chi connectivity index (χ1v) is 10.8. The van der Waals surface area contributed by atoms with Gasteiger partial charge in [-0.15, -0.1) is 0 Å². The van der Waals surface area contributed by atoms with Gasteiger partial charge in [0.15, 0.2) is 0 Å². The van der Waals surface area contributed by atoms with Gasteiger partial charge < -0.3 is 14.5 Å². The lowest BCUT2D eigenvalue weighted by Crippen LogP contribution is -2.50. The minimum absolute atomic E-state index is 0.0783. The van der Waals surface area contributed by atoms with E-state index < -0.39 is 0 Å². The standard InChI is InChI=1S/C21H34N2O4/c1-2-27-21(26)17-10-12-22(13-11-17)20(25)18-8-9-19(24)23(15-18)14-16-6-4-3-5-7-16/h16-18H,2-15H2,1H3/t18-/m1/s1. The van der Waals surface area contributed by atoms with Crippen molar-refractivity contribution >= 4 is 17.8 Å². The van der Waals surface area contributed by atoms with Crippen molar-refractivity contribution < 1.29 is 19.1 Å². The van der Waals surface area contributed by atoms with Gasteiger partial charge in [0.2, 0.25) is 11.8 Å². The molecule has 6 heteroatoms. The molecule has 3 fully saturated rings. The largest absolute Gasteiger partial charge is 0.466 e. The Morgan fingerprint density at radius 2 is 1.70 bits per heavy atom. The highest BCUT2D eigenvalue weighted by Crippen LogP contribution is 2.28. The van der Waals surface area contributed by atoms with E-state index >= 15 is 0 Å². The van der Waals surface area contributed by atoms with E-state index in [2.05, 4.69) is 0 Å². The zero-order valence-electron chi connectivity index (χ0n) is 16.7. The summed E-state index contributed by atoms with van der Waals surface area (Å²) in [5, 5.41) is 0. The van der Waals surface area contributed by atoms with Crippen LogP contribution in [0.3, 0.4) is 0 Å². The Labute approximate surface area is 162 Å². The van der Waals surface area contributed by atoms with Crippen LogP contribution in [-0.4, -0.2) is 60.4 Å². The number of amides is 2. The van der Waals surface area contributed by atoms with Crippen molar-refractivity contribution in [3.8, 4) is 0 Å². The summed E-state index contributed by atoms with van der Waals surface area (Å²) in [6, 6.07) is 0. The number of hydrogen-bond donors (Lipinski definition) is 0. The quantitative estimate of drug-likeness (QED) is 0.690. The molecule has 0 aromatic heterocycles. The Morgan fingerprint density at radius 3 is 2.37 bits per heavy atom. The first-order chi connectivity index (χ1) is 13.1. The molecular formula is C21H34N2O4. The van der Waals surface area contributed by atoms with Gasteiger partial charge in [0, 0.05) is 32.6 Å². The molecule has 3 rings (SSSR count). The molecule has 0 radical (unpaired) electrons. The first-order valence-electron chi connectivity index (χ1n) is 10.8. The molecular weight excluding hydrogens is 344 g/mol. The highest BCUT2D eigenvalue weighted by Gasteiger charge is 2.36. The molecule has 0 aromatic rings. The fraction of sp³-hybridized carbons (Fsp3) is 0.857. The highest BCUT2D eigenvalue weighted by atomic mass is 16.5. The molecule has 152 valence electrons. The lowest BCUT2D eigenvalue weighted by molar-refractivity contribution is -0.153. The Bertz CT molecular complexity index is 536. The normalized spacial score (nSPS) is 25.5. The summed E-state index contributed by atoms with van der Waals surface area (Å²) in [5.41, 5.74) is 0. The number of nitrogens with zero attached hydrogens (tertiary/aromatic N) is 2. The zero-order valence-corrected chi connectivity index (χ0v) is 16.7. The van der Waals surface area contributed by atoms with Crippen LogP contribution in [0.2, 0.25) is 0 Å². The van der Waals surface area contributed by atoms with Crippen LogP contribution < -0.4 is 0 Å². The van der Waals surface area contributed by atoms with Crippen LogP contribution in [-0.2, 0) is 19.1 Å².